The van der Waals surface area contributed by atoms with E-state index in [1.165, 1.54) is 23.2 Å². The molecule has 0 aromatic carbocycles. The minimum absolute atomic E-state index is 0.134. The van der Waals surface area contributed by atoms with Gasteiger partial charge >= 0.3 is 0 Å². The molecule has 0 bridgehead atoms. The largest absolute Gasteiger partial charge is 0.334 e. The predicted octanol–water partition coefficient (Wildman–Crippen LogP) is 1.41. The maximum Gasteiger partial charge on any atom is 0.276 e. The third-order valence-corrected chi connectivity index (χ3v) is 4.20. The first-order valence-electron chi connectivity index (χ1n) is 7.36. The molecule has 3 aromatic rings. The average molecular weight is 358 g/mol. The maximum absolute atomic E-state index is 12.9. The van der Waals surface area contributed by atoms with Gasteiger partial charge in [-0.25, -0.2) is 9.97 Å². The van der Waals surface area contributed by atoms with Crippen LogP contribution in [0.1, 0.15) is 24.3 Å². The van der Waals surface area contributed by atoms with Gasteiger partial charge in [-0.3, -0.25) is 14.2 Å². The average Bonchev–Trinajstić information content (AvgIpc) is 2.82. The number of nitrogens with zero attached hydrogens (tertiary/aromatic N) is 5. The summed E-state index contributed by atoms with van der Waals surface area (Å²) in [6, 6.07) is 3.09. The fourth-order valence-corrected chi connectivity index (χ4v) is 3.12. The summed E-state index contributed by atoms with van der Waals surface area (Å²) in [7, 11) is 0. The smallest absolute Gasteiger partial charge is 0.276 e. The van der Waals surface area contributed by atoms with Crippen molar-refractivity contribution in [2.75, 3.05) is 5.32 Å². The molecule has 0 atom stereocenters. The van der Waals surface area contributed by atoms with Gasteiger partial charge in [-0.1, -0.05) is 11.6 Å². The number of rotatable bonds is 2. The van der Waals surface area contributed by atoms with Gasteiger partial charge in [0.15, 0.2) is 11.3 Å². The second kappa shape index (κ2) is 5.21. The lowest BCUT2D eigenvalue weighted by Crippen LogP contribution is -2.42. The Labute approximate surface area is 146 Å². The number of pyridine rings is 1. The number of amides is 1. The molecular weight excluding hydrogens is 346 g/mol. The fraction of sp³-hybridized carbons (Fsp3) is 0.200. The number of carbonyl (C=O) groups excluding carboxylic acids is 1. The summed E-state index contributed by atoms with van der Waals surface area (Å²) >= 11 is 6.23. The molecule has 0 radical (unpaired) electrons. The molecule has 4 heterocycles. The lowest BCUT2D eigenvalue weighted by atomic mass is 10.2. The van der Waals surface area contributed by atoms with Crippen molar-refractivity contribution in [1.29, 1.82) is 0 Å². The van der Waals surface area contributed by atoms with Gasteiger partial charge < -0.3 is 10.6 Å². The van der Waals surface area contributed by atoms with Crippen LogP contribution in [0.5, 0.6) is 0 Å². The lowest BCUT2D eigenvalue weighted by Gasteiger charge is -2.22. The van der Waals surface area contributed by atoms with Gasteiger partial charge in [0.1, 0.15) is 23.4 Å². The van der Waals surface area contributed by atoms with Crippen LogP contribution >= 0.6 is 11.6 Å². The topological polar surface area (TPSA) is 115 Å². The van der Waals surface area contributed by atoms with E-state index in [4.69, 9.17) is 11.6 Å². The molecule has 0 unspecified atom stereocenters. The Morgan fingerprint density at radius 2 is 2.08 bits per heavy atom. The van der Waals surface area contributed by atoms with E-state index in [9.17, 15) is 9.59 Å². The third kappa shape index (κ3) is 2.31. The van der Waals surface area contributed by atoms with E-state index < -0.39 is 17.1 Å². The molecule has 4 rings (SSSR count). The minimum Gasteiger partial charge on any atom is -0.334 e. The molecule has 0 saturated carbocycles. The highest BCUT2D eigenvalue weighted by molar-refractivity contribution is 6.34. The molecule has 1 aliphatic heterocycles. The van der Waals surface area contributed by atoms with Crippen LogP contribution in [0.3, 0.4) is 0 Å². The number of aromatic nitrogens is 5. The highest BCUT2D eigenvalue weighted by Gasteiger charge is 2.38. The molecule has 0 spiro atoms. The van der Waals surface area contributed by atoms with Crippen molar-refractivity contribution in [2.24, 2.45) is 0 Å². The van der Waals surface area contributed by atoms with Gasteiger partial charge in [0.25, 0.3) is 11.5 Å². The van der Waals surface area contributed by atoms with Gasteiger partial charge in [-0.15, -0.1) is 5.10 Å². The Morgan fingerprint density at radius 3 is 2.88 bits per heavy atom. The zero-order valence-electron chi connectivity index (χ0n) is 13.2. The molecule has 126 valence electrons. The van der Waals surface area contributed by atoms with Crippen molar-refractivity contribution in [2.45, 2.75) is 19.5 Å². The zero-order chi connectivity index (χ0) is 17.8. The molecule has 0 saturated heterocycles. The van der Waals surface area contributed by atoms with Crippen molar-refractivity contribution < 1.29 is 4.79 Å². The third-order valence-electron chi connectivity index (χ3n) is 3.91. The molecule has 9 nitrogen and oxygen atoms in total. The first-order valence-corrected chi connectivity index (χ1v) is 7.74. The van der Waals surface area contributed by atoms with E-state index >= 15 is 0 Å². The van der Waals surface area contributed by atoms with Crippen LogP contribution in [-0.2, 0) is 5.66 Å². The summed E-state index contributed by atoms with van der Waals surface area (Å²) in [5.74, 6) is -0.0705. The summed E-state index contributed by atoms with van der Waals surface area (Å²) in [4.78, 5) is 33.2. The van der Waals surface area contributed by atoms with Gasteiger partial charge in [-0.05, 0) is 26.0 Å². The van der Waals surface area contributed by atoms with E-state index in [-0.39, 0.29) is 16.4 Å². The first-order chi connectivity index (χ1) is 11.9. The van der Waals surface area contributed by atoms with Gasteiger partial charge in [0.05, 0.1) is 16.7 Å². The number of nitrogens with one attached hydrogen (secondary N) is 2. The SMILES string of the molecule is CC1(C)NC(=O)c2c(Cl)cc(Nc3ncnc4ccnnc34)c(=O)n21. The van der Waals surface area contributed by atoms with E-state index in [1.807, 2.05) is 0 Å². The Bertz CT molecular complexity index is 1090. The van der Waals surface area contributed by atoms with Crippen LogP contribution in [0.15, 0.2) is 29.5 Å². The van der Waals surface area contributed by atoms with Crippen molar-refractivity contribution in [3.05, 3.63) is 45.7 Å². The van der Waals surface area contributed by atoms with E-state index in [2.05, 4.69) is 30.8 Å². The predicted molar refractivity (Wildman–Crippen MR) is 90.9 cm³/mol. The summed E-state index contributed by atoms with van der Waals surface area (Å²) in [5, 5.41) is 13.6. The number of anilines is 2. The lowest BCUT2D eigenvalue weighted by molar-refractivity contribution is 0.0935. The molecule has 1 aliphatic rings. The fourth-order valence-electron chi connectivity index (χ4n) is 2.84. The van der Waals surface area contributed by atoms with Crippen LogP contribution in [0.2, 0.25) is 5.02 Å². The quantitative estimate of drug-likeness (QED) is 0.712. The van der Waals surface area contributed by atoms with Crippen LogP contribution in [0.4, 0.5) is 11.5 Å². The summed E-state index contributed by atoms with van der Waals surface area (Å²) in [5.41, 5.74) is 0.00621. The van der Waals surface area contributed by atoms with Gasteiger partial charge in [0.2, 0.25) is 0 Å². The Kier molecular flexibility index (Phi) is 3.22. The summed E-state index contributed by atoms with van der Waals surface area (Å²) < 4.78 is 1.33. The molecule has 1 amide bonds. The minimum atomic E-state index is -0.891. The van der Waals surface area contributed by atoms with E-state index in [0.717, 1.165) is 0 Å². The maximum atomic E-state index is 12.9. The highest BCUT2D eigenvalue weighted by atomic mass is 35.5. The second-order valence-corrected chi connectivity index (χ2v) is 6.43. The van der Waals surface area contributed by atoms with E-state index in [1.54, 1.807) is 19.9 Å². The molecule has 2 N–H and O–H groups in total. The Hall–Kier alpha value is -3.07. The molecular formula is C15H12ClN7O2. The summed E-state index contributed by atoms with van der Waals surface area (Å²) in [6.07, 6.45) is 2.87. The van der Waals surface area contributed by atoms with Crippen molar-refractivity contribution in [3.63, 3.8) is 0 Å². The number of fused-ring (bicyclic) bond motifs is 2. The molecule has 3 aromatic heterocycles. The standard InChI is InChI=1S/C15H12ClN7O2/c1-15(2)21-13(24)11-7(16)5-9(14(25)23(11)15)20-12-10-8(17-6-18-12)3-4-19-22-10/h3-6H,1-2H3,(H,21,24)(H,17,18,20). The van der Waals surface area contributed by atoms with Crippen LogP contribution < -0.4 is 16.2 Å². The molecule has 25 heavy (non-hydrogen) atoms. The monoisotopic (exact) mass is 357 g/mol. The summed E-state index contributed by atoms with van der Waals surface area (Å²) in [6.45, 7) is 3.43. The molecule has 0 aliphatic carbocycles. The van der Waals surface area contributed by atoms with E-state index in [0.29, 0.717) is 16.9 Å². The number of hydrogen-bond donors (Lipinski definition) is 2. The first kappa shape index (κ1) is 15.5. The molecule has 0 fully saturated rings. The van der Waals surface area contributed by atoms with Gasteiger partial charge in [-0.2, -0.15) is 5.10 Å². The van der Waals surface area contributed by atoms with Crippen LogP contribution in [0, 0.1) is 0 Å². The molecule has 10 heteroatoms. The zero-order valence-corrected chi connectivity index (χ0v) is 14.0. The van der Waals surface area contributed by atoms with Crippen LogP contribution in [0.25, 0.3) is 11.0 Å². The normalized spacial score (nSPS) is 15.1. The Balaban J connectivity index is 1.89. The Morgan fingerprint density at radius 1 is 1.28 bits per heavy atom. The second-order valence-electron chi connectivity index (χ2n) is 6.02. The number of carbonyl (C=O) groups is 1. The highest BCUT2D eigenvalue weighted by Crippen LogP contribution is 2.29. The number of halogens is 1. The van der Waals surface area contributed by atoms with Crippen LogP contribution in [-0.4, -0.2) is 30.6 Å². The van der Waals surface area contributed by atoms with Gasteiger partial charge in [0, 0.05) is 0 Å². The van der Waals surface area contributed by atoms with Crippen molar-refractivity contribution >= 4 is 40.0 Å². The van der Waals surface area contributed by atoms with Crippen molar-refractivity contribution in [1.82, 2.24) is 30.0 Å². The van der Waals surface area contributed by atoms with Crippen molar-refractivity contribution in [3.8, 4) is 0 Å². The number of hydrogen-bond acceptors (Lipinski definition) is 7.